The molecule has 0 aromatic carbocycles. The lowest BCUT2D eigenvalue weighted by Gasteiger charge is -2.28. The molecule has 1 fully saturated rings. The lowest BCUT2D eigenvalue weighted by molar-refractivity contribution is 0.300. The standard InChI is InChI=1S/C22H25N5S/c1-2-3-15-27-21(20(25-22(27)28)18-10-5-7-13-24-18)19-11-8-14-26(19)16-17-9-4-6-12-23-17/h4-14,20-21H,2-3,15-16H2,1H3,(H,25,28)/t20-,21+/m0/s1. The van der Waals surface area contributed by atoms with Crippen molar-refractivity contribution in [3.8, 4) is 0 Å². The van der Waals surface area contributed by atoms with Crippen LogP contribution in [-0.2, 0) is 6.54 Å². The molecule has 1 aliphatic heterocycles. The average molecular weight is 392 g/mol. The number of hydrogen-bond donors (Lipinski definition) is 1. The van der Waals surface area contributed by atoms with Gasteiger partial charge in [-0.15, -0.1) is 0 Å². The number of nitrogens with one attached hydrogen (secondary N) is 1. The van der Waals surface area contributed by atoms with Gasteiger partial charge in [-0.3, -0.25) is 9.97 Å². The fourth-order valence-corrected chi connectivity index (χ4v) is 4.13. The summed E-state index contributed by atoms with van der Waals surface area (Å²) in [6.07, 6.45) is 8.05. The van der Waals surface area contributed by atoms with Crippen molar-refractivity contribution >= 4 is 17.3 Å². The highest BCUT2D eigenvalue weighted by Gasteiger charge is 2.40. The highest BCUT2D eigenvalue weighted by atomic mass is 32.1. The molecule has 4 rings (SSSR count). The van der Waals surface area contributed by atoms with Gasteiger partial charge in [0, 0.05) is 30.8 Å². The van der Waals surface area contributed by atoms with Gasteiger partial charge in [0.1, 0.15) is 0 Å². The molecule has 28 heavy (non-hydrogen) atoms. The summed E-state index contributed by atoms with van der Waals surface area (Å²) in [5.41, 5.74) is 3.28. The zero-order chi connectivity index (χ0) is 19.3. The molecule has 0 unspecified atom stereocenters. The molecule has 4 heterocycles. The molecule has 1 saturated heterocycles. The molecule has 5 nitrogen and oxygen atoms in total. The Morgan fingerprint density at radius 1 is 1.04 bits per heavy atom. The van der Waals surface area contributed by atoms with Crippen molar-refractivity contribution in [3.05, 3.63) is 84.2 Å². The molecule has 0 saturated carbocycles. The molecule has 1 N–H and O–H groups in total. The van der Waals surface area contributed by atoms with Crippen LogP contribution in [0.25, 0.3) is 0 Å². The first-order valence-corrected chi connectivity index (χ1v) is 10.2. The van der Waals surface area contributed by atoms with Crippen LogP contribution in [0, 0.1) is 0 Å². The predicted octanol–water partition coefficient (Wildman–Crippen LogP) is 4.10. The summed E-state index contributed by atoms with van der Waals surface area (Å²) in [5, 5.41) is 4.33. The van der Waals surface area contributed by atoms with E-state index in [2.05, 4.69) is 62.1 Å². The molecule has 3 aromatic rings. The summed E-state index contributed by atoms with van der Waals surface area (Å²) in [7, 11) is 0. The molecule has 0 radical (unpaired) electrons. The van der Waals surface area contributed by atoms with Gasteiger partial charge in [0.05, 0.1) is 30.0 Å². The molecule has 3 aromatic heterocycles. The largest absolute Gasteiger partial charge is 0.352 e. The summed E-state index contributed by atoms with van der Waals surface area (Å²) in [6.45, 7) is 3.88. The fourth-order valence-electron chi connectivity index (χ4n) is 3.80. The van der Waals surface area contributed by atoms with Crippen LogP contribution in [0.1, 0.15) is 48.9 Å². The second kappa shape index (κ2) is 8.52. The Kier molecular flexibility index (Phi) is 5.67. The first-order valence-electron chi connectivity index (χ1n) is 9.81. The molecule has 0 aliphatic carbocycles. The molecule has 0 spiro atoms. The number of unbranched alkanes of at least 4 members (excludes halogenated alkanes) is 1. The Morgan fingerprint density at radius 3 is 2.57 bits per heavy atom. The molecular formula is C22H25N5S. The minimum Gasteiger partial charge on any atom is -0.352 e. The van der Waals surface area contributed by atoms with Crippen molar-refractivity contribution in [1.29, 1.82) is 0 Å². The normalized spacial score (nSPS) is 19.0. The van der Waals surface area contributed by atoms with Gasteiger partial charge < -0.3 is 14.8 Å². The smallest absolute Gasteiger partial charge is 0.170 e. The van der Waals surface area contributed by atoms with Crippen LogP contribution in [0.4, 0.5) is 0 Å². The first kappa shape index (κ1) is 18.6. The minimum atomic E-state index is 0.0305. The van der Waals surface area contributed by atoms with Crippen LogP contribution in [0.3, 0.4) is 0 Å². The van der Waals surface area contributed by atoms with E-state index < -0.39 is 0 Å². The second-order valence-corrected chi connectivity index (χ2v) is 7.44. The van der Waals surface area contributed by atoms with E-state index in [1.807, 2.05) is 36.7 Å². The van der Waals surface area contributed by atoms with Crippen molar-refractivity contribution < 1.29 is 0 Å². The topological polar surface area (TPSA) is 46.0 Å². The van der Waals surface area contributed by atoms with Crippen LogP contribution in [-0.4, -0.2) is 31.1 Å². The predicted molar refractivity (Wildman–Crippen MR) is 115 cm³/mol. The van der Waals surface area contributed by atoms with Gasteiger partial charge in [-0.05, 0) is 55.0 Å². The van der Waals surface area contributed by atoms with E-state index in [0.717, 1.165) is 42.4 Å². The van der Waals surface area contributed by atoms with Crippen LogP contribution in [0.2, 0.25) is 0 Å². The Morgan fingerprint density at radius 2 is 1.86 bits per heavy atom. The maximum atomic E-state index is 5.72. The Balaban J connectivity index is 1.70. The van der Waals surface area contributed by atoms with Crippen molar-refractivity contribution in [3.63, 3.8) is 0 Å². The Bertz CT molecular complexity index is 909. The second-order valence-electron chi connectivity index (χ2n) is 7.06. The summed E-state index contributed by atoms with van der Waals surface area (Å²) in [6, 6.07) is 16.5. The summed E-state index contributed by atoms with van der Waals surface area (Å²) < 4.78 is 2.28. The third kappa shape index (κ3) is 3.78. The van der Waals surface area contributed by atoms with Crippen LogP contribution < -0.4 is 5.32 Å². The summed E-state index contributed by atoms with van der Waals surface area (Å²) in [5.74, 6) is 0. The van der Waals surface area contributed by atoms with Crippen molar-refractivity contribution in [2.75, 3.05) is 6.54 Å². The minimum absolute atomic E-state index is 0.0305. The van der Waals surface area contributed by atoms with E-state index in [1.54, 1.807) is 0 Å². The highest BCUT2D eigenvalue weighted by Crippen LogP contribution is 2.38. The highest BCUT2D eigenvalue weighted by molar-refractivity contribution is 7.80. The van der Waals surface area contributed by atoms with E-state index >= 15 is 0 Å². The third-order valence-corrected chi connectivity index (χ3v) is 5.53. The van der Waals surface area contributed by atoms with Gasteiger partial charge in [-0.25, -0.2) is 0 Å². The fraction of sp³-hybridized carbons (Fsp3) is 0.318. The number of hydrogen-bond acceptors (Lipinski definition) is 3. The zero-order valence-electron chi connectivity index (χ0n) is 16.0. The molecular weight excluding hydrogens is 366 g/mol. The van der Waals surface area contributed by atoms with Crippen LogP contribution in [0.15, 0.2) is 67.1 Å². The first-order chi connectivity index (χ1) is 13.8. The summed E-state index contributed by atoms with van der Waals surface area (Å²) >= 11 is 5.72. The van der Waals surface area contributed by atoms with Gasteiger partial charge in [0.2, 0.25) is 0 Å². The van der Waals surface area contributed by atoms with Crippen LogP contribution in [0.5, 0.6) is 0 Å². The molecule has 2 atom stereocenters. The Labute approximate surface area is 171 Å². The van der Waals surface area contributed by atoms with E-state index in [0.29, 0.717) is 0 Å². The lowest BCUT2D eigenvalue weighted by atomic mass is 10.0. The molecule has 0 amide bonds. The molecule has 6 heteroatoms. The quantitative estimate of drug-likeness (QED) is 0.615. The van der Waals surface area contributed by atoms with Crippen molar-refractivity contribution in [2.45, 2.75) is 38.4 Å². The monoisotopic (exact) mass is 391 g/mol. The van der Waals surface area contributed by atoms with Crippen molar-refractivity contribution in [2.24, 2.45) is 0 Å². The number of aromatic nitrogens is 3. The zero-order valence-corrected chi connectivity index (χ0v) is 16.8. The average Bonchev–Trinajstić information content (AvgIpc) is 3.31. The van der Waals surface area contributed by atoms with Crippen molar-refractivity contribution in [1.82, 2.24) is 24.8 Å². The lowest BCUT2D eigenvalue weighted by Crippen LogP contribution is -2.31. The maximum Gasteiger partial charge on any atom is 0.170 e. The molecule has 0 bridgehead atoms. The van der Waals surface area contributed by atoms with E-state index in [-0.39, 0.29) is 12.1 Å². The molecule has 1 aliphatic rings. The number of nitrogens with zero attached hydrogens (tertiary/aromatic N) is 4. The van der Waals surface area contributed by atoms with Gasteiger partial charge in [-0.1, -0.05) is 25.5 Å². The number of rotatable bonds is 7. The van der Waals surface area contributed by atoms with E-state index in [9.17, 15) is 0 Å². The summed E-state index contributed by atoms with van der Waals surface area (Å²) in [4.78, 5) is 11.4. The maximum absolute atomic E-state index is 5.72. The van der Waals surface area contributed by atoms with Gasteiger partial charge in [-0.2, -0.15) is 0 Å². The molecule has 144 valence electrons. The van der Waals surface area contributed by atoms with E-state index in [1.165, 1.54) is 5.69 Å². The van der Waals surface area contributed by atoms with Gasteiger partial charge in [0.25, 0.3) is 0 Å². The Hall–Kier alpha value is -2.73. The number of thiocarbonyl (C=S) groups is 1. The van der Waals surface area contributed by atoms with Gasteiger partial charge >= 0.3 is 0 Å². The van der Waals surface area contributed by atoms with E-state index in [4.69, 9.17) is 12.2 Å². The van der Waals surface area contributed by atoms with Gasteiger partial charge in [0.15, 0.2) is 5.11 Å². The number of pyridine rings is 2. The van der Waals surface area contributed by atoms with Crippen LogP contribution >= 0.6 is 12.2 Å². The SMILES string of the molecule is CCCCN1C(=S)N[C@@H](c2ccccn2)[C@H]1c1cccn1Cc1ccccn1. The third-order valence-electron chi connectivity index (χ3n) is 5.18.